The highest BCUT2D eigenvalue weighted by molar-refractivity contribution is 5.82. The van der Waals surface area contributed by atoms with E-state index in [9.17, 15) is 0 Å². The Morgan fingerprint density at radius 1 is 1.42 bits per heavy atom. The maximum Gasteiger partial charge on any atom is 0.0295 e. The minimum atomic E-state index is 0.924. The van der Waals surface area contributed by atoms with Crippen LogP contribution in [0.1, 0.15) is 13.8 Å². The quantitative estimate of drug-likeness (QED) is 0.503. The lowest BCUT2D eigenvalue weighted by Crippen LogP contribution is -1.88. The zero-order valence-electron chi connectivity index (χ0n) is 7.91. The summed E-state index contributed by atoms with van der Waals surface area (Å²) >= 11 is 0. The Kier molecular flexibility index (Phi) is 5.70. The van der Waals surface area contributed by atoms with E-state index in [0.29, 0.717) is 0 Å². The number of nitrogens with zero attached hydrogens (tertiary/aromatic N) is 1. The van der Waals surface area contributed by atoms with Crippen molar-refractivity contribution in [2.45, 2.75) is 13.8 Å². The van der Waals surface area contributed by atoms with E-state index in [1.807, 2.05) is 32.1 Å². The molecule has 0 unspecified atom stereocenters. The van der Waals surface area contributed by atoms with Gasteiger partial charge in [0.25, 0.3) is 0 Å². The summed E-state index contributed by atoms with van der Waals surface area (Å²) in [6.45, 7) is 4.00. The second-order valence-electron chi connectivity index (χ2n) is 2.44. The Morgan fingerprint density at radius 3 is 2.50 bits per heavy atom. The summed E-state index contributed by atoms with van der Waals surface area (Å²) in [7, 11) is 1.72. The van der Waals surface area contributed by atoms with Crippen molar-refractivity contribution in [3.8, 4) is 0 Å². The molecule has 0 heterocycles. The van der Waals surface area contributed by atoms with E-state index in [2.05, 4.69) is 4.99 Å². The predicted molar refractivity (Wildman–Crippen MR) is 55.3 cm³/mol. The third-order valence-electron chi connectivity index (χ3n) is 1.29. The van der Waals surface area contributed by atoms with E-state index in [0.717, 1.165) is 11.1 Å². The van der Waals surface area contributed by atoms with Crippen LogP contribution in [0.5, 0.6) is 0 Å². The van der Waals surface area contributed by atoms with Crippen molar-refractivity contribution in [3.63, 3.8) is 0 Å². The SMILES string of the molecule is C/C=C\C(C)=C/C(C=NC)=CN. The van der Waals surface area contributed by atoms with E-state index in [1.165, 1.54) is 0 Å². The number of hydrogen-bond acceptors (Lipinski definition) is 2. The summed E-state index contributed by atoms with van der Waals surface area (Å²) in [5.41, 5.74) is 7.47. The monoisotopic (exact) mass is 164 g/mol. The summed E-state index contributed by atoms with van der Waals surface area (Å²) in [5.74, 6) is 0. The van der Waals surface area contributed by atoms with Crippen molar-refractivity contribution in [1.82, 2.24) is 0 Å². The summed E-state index contributed by atoms with van der Waals surface area (Å²) in [4.78, 5) is 3.88. The van der Waals surface area contributed by atoms with Crippen LogP contribution in [0.3, 0.4) is 0 Å². The number of aliphatic imine (C=N–C) groups is 1. The van der Waals surface area contributed by atoms with Crippen LogP contribution in [0.25, 0.3) is 0 Å². The highest BCUT2D eigenvalue weighted by atomic mass is 14.6. The Bertz CT molecular complexity index is 232. The molecule has 0 aliphatic heterocycles. The highest BCUT2D eigenvalue weighted by Crippen LogP contribution is 2.00. The molecule has 12 heavy (non-hydrogen) atoms. The van der Waals surface area contributed by atoms with Gasteiger partial charge in [0, 0.05) is 25.0 Å². The smallest absolute Gasteiger partial charge is 0.0295 e. The van der Waals surface area contributed by atoms with Gasteiger partial charge in [0.05, 0.1) is 0 Å². The molecule has 2 N–H and O–H groups in total. The van der Waals surface area contributed by atoms with Gasteiger partial charge in [0.1, 0.15) is 0 Å². The zero-order valence-corrected chi connectivity index (χ0v) is 7.91. The minimum absolute atomic E-state index is 0.924. The van der Waals surface area contributed by atoms with Crippen LogP contribution in [-0.2, 0) is 0 Å². The van der Waals surface area contributed by atoms with Gasteiger partial charge in [-0.25, -0.2) is 0 Å². The van der Waals surface area contributed by atoms with Crippen molar-refractivity contribution in [1.29, 1.82) is 0 Å². The standard InChI is InChI=1S/C10H16N2/c1-4-5-9(2)6-10(7-11)8-12-3/h4-8H,11H2,1-3H3/b5-4-,9-6-,10-7?,12-8?. The predicted octanol–water partition coefficient (Wildman–Crippen LogP) is 2.05. The van der Waals surface area contributed by atoms with Gasteiger partial charge in [0.15, 0.2) is 0 Å². The van der Waals surface area contributed by atoms with Gasteiger partial charge in [-0.2, -0.15) is 0 Å². The number of nitrogens with two attached hydrogens (primary N) is 1. The van der Waals surface area contributed by atoms with Crippen LogP contribution >= 0.6 is 0 Å². The Hall–Kier alpha value is -1.31. The lowest BCUT2D eigenvalue weighted by atomic mass is 10.2. The Labute approximate surface area is 74.2 Å². The van der Waals surface area contributed by atoms with Crippen molar-refractivity contribution >= 4 is 6.21 Å². The molecule has 0 saturated carbocycles. The number of rotatable bonds is 3. The second kappa shape index (κ2) is 6.40. The minimum Gasteiger partial charge on any atom is -0.404 e. The first-order valence-electron chi connectivity index (χ1n) is 3.89. The Balaban J connectivity index is 4.48. The maximum absolute atomic E-state index is 5.38. The summed E-state index contributed by atoms with van der Waals surface area (Å²) in [5, 5.41) is 0. The lowest BCUT2D eigenvalue weighted by molar-refractivity contribution is 1.43. The normalized spacial score (nSPS) is 14.9. The molecule has 0 fully saturated rings. The number of allylic oxidation sites excluding steroid dienone is 5. The molecule has 0 rings (SSSR count). The van der Waals surface area contributed by atoms with Crippen molar-refractivity contribution in [2.24, 2.45) is 10.7 Å². The number of hydrogen-bond donors (Lipinski definition) is 1. The van der Waals surface area contributed by atoms with Gasteiger partial charge in [-0.15, -0.1) is 0 Å². The second-order valence-corrected chi connectivity index (χ2v) is 2.44. The molecule has 0 atom stereocenters. The first-order valence-corrected chi connectivity index (χ1v) is 3.89. The molecule has 0 aromatic carbocycles. The lowest BCUT2D eigenvalue weighted by Gasteiger charge is -1.93. The van der Waals surface area contributed by atoms with Gasteiger partial charge in [0.2, 0.25) is 0 Å². The third-order valence-corrected chi connectivity index (χ3v) is 1.29. The van der Waals surface area contributed by atoms with Gasteiger partial charge in [-0.05, 0) is 19.9 Å². The van der Waals surface area contributed by atoms with Crippen LogP contribution in [-0.4, -0.2) is 13.3 Å². The fourth-order valence-corrected chi connectivity index (χ4v) is 0.851. The topological polar surface area (TPSA) is 38.4 Å². The molecule has 0 bridgehead atoms. The van der Waals surface area contributed by atoms with Gasteiger partial charge < -0.3 is 5.73 Å². The summed E-state index contributed by atoms with van der Waals surface area (Å²) in [6.07, 6.45) is 9.26. The van der Waals surface area contributed by atoms with Crippen LogP contribution in [0.4, 0.5) is 0 Å². The largest absolute Gasteiger partial charge is 0.404 e. The zero-order chi connectivity index (χ0) is 9.40. The molecule has 0 radical (unpaired) electrons. The van der Waals surface area contributed by atoms with E-state index in [1.54, 1.807) is 19.5 Å². The van der Waals surface area contributed by atoms with Crippen molar-refractivity contribution in [3.05, 3.63) is 35.6 Å². The molecule has 0 aliphatic carbocycles. The average molecular weight is 164 g/mol. The maximum atomic E-state index is 5.38. The van der Waals surface area contributed by atoms with E-state index in [-0.39, 0.29) is 0 Å². The van der Waals surface area contributed by atoms with Crippen LogP contribution in [0.2, 0.25) is 0 Å². The van der Waals surface area contributed by atoms with E-state index in [4.69, 9.17) is 5.73 Å². The Morgan fingerprint density at radius 2 is 2.08 bits per heavy atom. The molecule has 0 saturated heterocycles. The van der Waals surface area contributed by atoms with Crippen molar-refractivity contribution in [2.75, 3.05) is 7.05 Å². The summed E-state index contributed by atoms with van der Waals surface area (Å²) in [6, 6.07) is 0. The third kappa shape index (κ3) is 4.50. The molecule has 0 aliphatic rings. The highest BCUT2D eigenvalue weighted by Gasteiger charge is 1.86. The molecule has 66 valence electrons. The molecular formula is C10H16N2. The van der Waals surface area contributed by atoms with E-state index >= 15 is 0 Å². The van der Waals surface area contributed by atoms with Crippen LogP contribution in [0.15, 0.2) is 40.6 Å². The molecular weight excluding hydrogens is 148 g/mol. The van der Waals surface area contributed by atoms with Gasteiger partial charge in [-0.1, -0.05) is 17.7 Å². The van der Waals surface area contributed by atoms with Crippen LogP contribution in [0, 0.1) is 0 Å². The fraction of sp³-hybridized carbons (Fsp3) is 0.300. The fourth-order valence-electron chi connectivity index (χ4n) is 0.851. The first kappa shape index (κ1) is 10.7. The van der Waals surface area contributed by atoms with Crippen molar-refractivity contribution < 1.29 is 0 Å². The molecule has 0 aromatic heterocycles. The molecule has 2 heteroatoms. The van der Waals surface area contributed by atoms with Gasteiger partial charge in [-0.3, -0.25) is 4.99 Å². The first-order chi connectivity index (χ1) is 5.74. The van der Waals surface area contributed by atoms with Crippen LogP contribution < -0.4 is 5.73 Å². The molecule has 2 nitrogen and oxygen atoms in total. The molecule has 0 amide bonds. The van der Waals surface area contributed by atoms with E-state index < -0.39 is 0 Å². The molecule has 0 aromatic rings. The molecule has 0 spiro atoms. The summed E-state index contributed by atoms with van der Waals surface area (Å²) < 4.78 is 0. The van der Waals surface area contributed by atoms with Gasteiger partial charge >= 0.3 is 0 Å². The average Bonchev–Trinajstić information content (AvgIpc) is 2.04.